The Morgan fingerprint density at radius 2 is 1.68 bits per heavy atom. The van der Waals surface area contributed by atoms with Crippen molar-refractivity contribution in [3.8, 4) is 11.5 Å². The summed E-state index contributed by atoms with van der Waals surface area (Å²) in [5.41, 5.74) is 3.08. The molecule has 0 fully saturated rings. The number of phenolic OH excluding ortho intramolecular Hbond substituents is 2. The van der Waals surface area contributed by atoms with E-state index >= 15 is 0 Å². The van der Waals surface area contributed by atoms with E-state index in [4.69, 9.17) is 0 Å². The molecule has 2 aromatic rings. The highest BCUT2D eigenvalue weighted by molar-refractivity contribution is 9.10. The summed E-state index contributed by atoms with van der Waals surface area (Å²) in [6.45, 7) is 0.894. The second-order valence-electron chi connectivity index (χ2n) is 5.14. The van der Waals surface area contributed by atoms with Gasteiger partial charge in [0.05, 0.1) is 4.47 Å². The average molecular weight is 494 g/mol. The van der Waals surface area contributed by atoms with E-state index in [1.807, 2.05) is 12.1 Å². The van der Waals surface area contributed by atoms with E-state index in [9.17, 15) is 10.2 Å². The lowest BCUT2D eigenvalue weighted by Crippen LogP contribution is -2.17. The number of benzene rings is 2. The van der Waals surface area contributed by atoms with Crippen LogP contribution < -0.4 is 4.90 Å². The Balaban J connectivity index is 0.00000176. The van der Waals surface area contributed by atoms with Crippen LogP contribution in [0.3, 0.4) is 0 Å². The molecule has 2 aromatic carbocycles. The monoisotopic (exact) mass is 491 g/mol. The molecule has 1 heterocycles. The van der Waals surface area contributed by atoms with Gasteiger partial charge in [0.1, 0.15) is 0 Å². The molecule has 0 aromatic heterocycles. The van der Waals surface area contributed by atoms with Crippen LogP contribution in [0.25, 0.3) is 0 Å². The van der Waals surface area contributed by atoms with Gasteiger partial charge in [0.15, 0.2) is 11.5 Å². The lowest BCUT2D eigenvalue weighted by molar-refractivity contribution is 0.401. The van der Waals surface area contributed by atoms with E-state index in [1.165, 1.54) is 0 Å². The molecule has 3 rings (SSSR count). The summed E-state index contributed by atoms with van der Waals surface area (Å²) in [6.07, 6.45) is 3.01. The van der Waals surface area contributed by atoms with Gasteiger partial charge in [-0.25, -0.2) is 0 Å². The van der Waals surface area contributed by atoms with Crippen molar-refractivity contribution in [3.05, 3.63) is 44.8 Å². The van der Waals surface area contributed by atoms with Crippen LogP contribution in [0.1, 0.15) is 18.4 Å². The van der Waals surface area contributed by atoms with Crippen LogP contribution >= 0.6 is 48.8 Å². The maximum Gasteiger partial charge on any atom is 0.172 e. The highest BCUT2D eigenvalue weighted by atomic mass is 79.9. The van der Waals surface area contributed by atoms with Crippen molar-refractivity contribution in [2.24, 2.45) is 0 Å². The van der Waals surface area contributed by atoms with Crippen LogP contribution in [0.5, 0.6) is 11.5 Å². The zero-order valence-corrected chi connectivity index (χ0v) is 16.6. The van der Waals surface area contributed by atoms with Gasteiger partial charge in [0.2, 0.25) is 0 Å². The van der Waals surface area contributed by atoms with Crippen molar-refractivity contribution < 1.29 is 10.2 Å². The SMILES string of the molecule is Br.Oc1cc2c(c(Br)c1O)CCCCN2c1ccc(Br)cc1. The molecule has 0 unspecified atom stereocenters. The molecule has 0 spiro atoms. The predicted octanol–water partition coefficient (Wildman–Crippen LogP) is 5.68. The van der Waals surface area contributed by atoms with Crippen LogP contribution in [-0.4, -0.2) is 16.8 Å². The van der Waals surface area contributed by atoms with Crippen LogP contribution in [0.2, 0.25) is 0 Å². The summed E-state index contributed by atoms with van der Waals surface area (Å²) in [5, 5.41) is 19.9. The van der Waals surface area contributed by atoms with E-state index in [0.29, 0.717) is 4.47 Å². The maximum absolute atomic E-state index is 9.94. The van der Waals surface area contributed by atoms with Crippen LogP contribution in [0, 0.1) is 0 Å². The molecule has 6 heteroatoms. The fraction of sp³-hybridized carbons (Fsp3) is 0.250. The summed E-state index contributed by atoms with van der Waals surface area (Å²) in [7, 11) is 0. The molecule has 0 saturated heterocycles. The minimum atomic E-state index is -0.0929. The van der Waals surface area contributed by atoms with Gasteiger partial charge in [-0.1, -0.05) is 15.9 Å². The van der Waals surface area contributed by atoms with Gasteiger partial charge >= 0.3 is 0 Å². The fourth-order valence-corrected chi connectivity index (χ4v) is 3.58. The summed E-state index contributed by atoms with van der Waals surface area (Å²) >= 11 is 6.87. The number of nitrogens with zero attached hydrogens (tertiary/aromatic N) is 1. The quantitative estimate of drug-likeness (QED) is 0.503. The normalized spacial score (nSPS) is 14.0. The van der Waals surface area contributed by atoms with Crippen LogP contribution in [0.15, 0.2) is 39.3 Å². The highest BCUT2D eigenvalue weighted by Crippen LogP contribution is 2.45. The van der Waals surface area contributed by atoms with Gasteiger partial charge in [-0.3, -0.25) is 0 Å². The van der Waals surface area contributed by atoms with Gasteiger partial charge < -0.3 is 15.1 Å². The van der Waals surface area contributed by atoms with Crippen molar-refractivity contribution in [3.63, 3.8) is 0 Å². The molecule has 1 aliphatic rings. The number of aromatic hydroxyl groups is 2. The molecule has 22 heavy (non-hydrogen) atoms. The molecular formula is C16H16Br3NO2. The molecule has 0 bridgehead atoms. The molecule has 2 N–H and O–H groups in total. The Hall–Kier alpha value is -0.720. The first-order valence-corrected chi connectivity index (χ1v) is 8.43. The Bertz CT molecular complexity index is 674. The third-order valence-electron chi connectivity index (χ3n) is 3.79. The lowest BCUT2D eigenvalue weighted by Gasteiger charge is -2.26. The smallest absolute Gasteiger partial charge is 0.172 e. The van der Waals surface area contributed by atoms with Crippen molar-refractivity contribution in [1.29, 1.82) is 0 Å². The summed E-state index contributed by atoms with van der Waals surface area (Å²) in [5.74, 6) is -0.170. The maximum atomic E-state index is 9.94. The molecule has 0 radical (unpaired) electrons. The number of rotatable bonds is 1. The number of hydrogen-bond acceptors (Lipinski definition) is 3. The first kappa shape index (κ1) is 17.6. The summed E-state index contributed by atoms with van der Waals surface area (Å²) in [4.78, 5) is 2.19. The van der Waals surface area contributed by atoms with Crippen LogP contribution in [-0.2, 0) is 6.42 Å². The predicted molar refractivity (Wildman–Crippen MR) is 102 cm³/mol. The molecule has 1 aliphatic heterocycles. The van der Waals surface area contributed by atoms with Crippen molar-refractivity contribution >= 4 is 60.2 Å². The second kappa shape index (κ2) is 7.23. The number of anilines is 2. The minimum Gasteiger partial charge on any atom is -0.504 e. The standard InChI is InChI=1S/C16H15Br2NO2.BrH/c17-10-4-6-11(7-5-10)19-8-2-1-3-12-13(19)9-14(20)16(21)15(12)18;/h4-7,9,20-21H,1-3,8H2;1H. The van der Waals surface area contributed by atoms with E-state index in [-0.39, 0.29) is 28.5 Å². The van der Waals surface area contributed by atoms with E-state index < -0.39 is 0 Å². The van der Waals surface area contributed by atoms with Crippen molar-refractivity contribution in [1.82, 2.24) is 0 Å². The average Bonchev–Trinajstić information content (AvgIpc) is 2.68. The Kier molecular flexibility index (Phi) is 5.80. The Labute approximate surface area is 157 Å². The topological polar surface area (TPSA) is 43.7 Å². The zero-order valence-electron chi connectivity index (χ0n) is 11.7. The molecule has 3 nitrogen and oxygen atoms in total. The molecule has 0 aliphatic carbocycles. The largest absolute Gasteiger partial charge is 0.504 e. The van der Waals surface area contributed by atoms with Crippen LogP contribution in [0.4, 0.5) is 11.4 Å². The molecule has 0 atom stereocenters. The fourth-order valence-electron chi connectivity index (χ4n) is 2.71. The number of phenols is 2. The first-order valence-electron chi connectivity index (χ1n) is 6.84. The number of halogens is 3. The third-order valence-corrected chi connectivity index (χ3v) is 5.17. The number of fused-ring (bicyclic) bond motifs is 1. The Morgan fingerprint density at radius 3 is 2.36 bits per heavy atom. The molecule has 0 amide bonds. The minimum absolute atomic E-state index is 0. The van der Waals surface area contributed by atoms with Crippen molar-refractivity contribution in [2.75, 3.05) is 11.4 Å². The van der Waals surface area contributed by atoms with Gasteiger partial charge in [0.25, 0.3) is 0 Å². The highest BCUT2D eigenvalue weighted by Gasteiger charge is 2.22. The summed E-state index contributed by atoms with van der Waals surface area (Å²) in [6, 6.07) is 9.78. The Morgan fingerprint density at radius 1 is 1.00 bits per heavy atom. The first-order chi connectivity index (χ1) is 10.1. The summed E-state index contributed by atoms with van der Waals surface area (Å²) < 4.78 is 1.64. The third kappa shape index (κ3) is 3.29. The molecular weight excluding hydrogens is 478 g/mol. The van der Waals surface area contributed by atoms with Gasteiger partial charge in [-0.2, -0.15) is 0 Å². The molecule has 118 valence electrons. The van der Waals surface area contributed by atoms with Crippen molar-refractivity contribution in [2.45, 2.75) is 19.3 Å². The van der Waals surface area contributed by atoms with Gasteiger partial charge in [-0.05, 0) is 65.0 Å². The number of hydrogen-bond donors (Lipinski definition) is 2. The van der Waals surface area contributed by atoms with Gasteiger partial charge in [0, 0.05) is 28.5 Å². The van der Waals surface area contributed by atoms with E-state index in [1.54, 1.807) is 6.07 Å². The van der Waals surface area contributed by atoms with E-state index in [0.717, 1.165) is 47.2 Å². The second-order valence-corrected chi connectivity index (χ2v) is 6.85. The zero-order chi connectivity index (χ0) is 15.0. The van der Waals surface area contributed by atoms with Gasteiger partial charge in [-0.15, -0.1) is 17.0 Å². The van der Waals surface area contributed by atoms with E-state index in [2.05, 4.69) is 48.9 Å². The molecule has 0 saturated carbocycles. The lowest BCUT2D eigenvalue weighted by atomic mass is 10.1.